The third-order valence-electron chi connectivity index (χ3n) is 2.93. The van der Waals surface area contributed by atoms with Crippen LogP contribution in [0.25, 0.3) is 0 Å². The van der Waals surface area contributed by atoms with Gasteiger partial charge in [-0.1, -0.05) is 31.1 Å². The molecule has 0 bridgehead atoms. The number of ketones is 1. The Kier molecular flexibility index (Phi) is 3.37. The van der Waals surface area contributed by atoms with Gasteiger partial charge in [-0.3, -0.25) is 4.79 Å². The molecule has 1 aromatic heterocycles. The second kappa shape index (κ2) is 4.75. The van der Waals surface area contributed by atoms with Gasteiger partial charge < -0.3 is 0 Å². The number of carbonyl (C=O) groups is 1. The molecule has 1 heterocycles. The number of rotatable bonds is 4. The second-order valence-corrected chi connectivity index (χ2v) is 4.95. The lowest BCUT2D eigenvalue weighted by atomic mass is 9.93. The van der Waals surface area contributed by atoms with E-state index in [-0.39, 0.29) is 5.92 Å². The van der Waals surface area contributed by atoms with Gasteiger partial charge in [-0.05, 0) is 30.7 Å². The molecule has 0 unspecified atom stereocenters. The standard InChI is InChI=1S/C13H16OS/c1-2-5-10-6-3-7-11(10)13(14)12-8-4-9-15-12/h4,6,8-9,11H,2-3,5,7H2,1H3/t11-/m0/s1. The van der Waals surface area contributed by atoms with E-state index in [1.807, 2.05) is 17.5 Å². The number of hydrogen-bond acceptors (Lipinski definition) is 2. The van der Waals surface area contributed by atoms with Crippen molar-refractivity contribution in [2.45, 2.75) is 32.6 Å². The Morgan fingerprint density at radius 2 is 2.47 bits per heavy atom. The first-order chi connectivity index (χ1) is 7.33. The molecule has 2 heteroatoms. The van der Waals surface area contributed by atoms with Gasteiger partial charge >= 0.3 is 0 Å². The van der Waals surface area contributed by atoms with Crippen LogP contribution in [-0.2, 0) is 0 Å². The number of thiophene rings is 1. The zero-order chi connectivity index (χ0) is 10.7. The Labute approximate surface area is 94.8 Å². The summed E-state index contributed by atoms with van der Waals surface area (Å²) in [5.41, 5.74) is 1.37. The van der Waals surface area contributed by atoms with Crippen LogP contribution in [0.5, 0.6) is 0 Å². The van der Waals surface area contributed by atoms with Gasteiger partial charge in [0.2, 0.25) is 0 Å². The molecule has 2 rings (SSSR count). The molecule has 0 N–H and O–H groups in total. The van der Waals surface area contributed by atoms with Gasteiger partial charge in [0.15, 0.2) is 5.78 Å². The first-order valence-electron chi connectivity index (χ1n) is 5.59. The van der Waals surface area contributed by atoms with Crippen LogP contribution in [0.4, 0.5) is 0 Å². The molecule has 1 nitrogen and oxygen atoms in total. The van der Waals surface area contributed by atoms with Crippen LogP contribution in [0.2, 0.25) is 0 Å². The summed E-state index contributed by atoms with van der Waals surface area (Å²) in [7, 11) is 0. The maximum absolute atomic E-state index is 12.2. The van der Waals surface area contributed by atoms with Gasteiger partial charge in [0.05, 0.1) is 4.88 Å². The molecule has 0 aromatic carbocycles. The summed E-state index contributed by atoms with van der Waals surface area (Å²) in [5.74, 6) is 0.519. The van der Waals surface area contributed by atoms with Gasteiger partial charge in [-0.25, -0.2) is 0 Å². The maximum Gasteiger partial charge on any atom is 0.179 e. The van der Waals surface area contributed by atoms with Crippen molar-refractivity contribution in [1.29, 1.82) is 0 Å². The second-order valence-electron chi connectivity index (χ2n) is 4.00. The smallest absolute Gasteiger partial charge is 0.179 e. The van der Waals surface area contributed by atoms with Crippen molar-refractivity contribution < 1.29 is 4.79 Å². The average Bonchev–Trinajstić information content (AvgIpc) is 2.87. The minimum absolute atomic E-state index is 0.184. The zero-order valence-corrected chi connectivity index (χ0v) is 9.85. The summed E-state index contributed by atoms with van der Waals surface area (Å²) in [5, 5.41) is 1.98. The summed E-state index contributed by atoms with van der Waals surface area (Å²) in [4.78, 5) is 13.1. The van der Waals surface area contributed by atoms with Gasteiger partial charge in [-0.2, -0.15) is 0 Å². The average molecular weight is 220 g/mol. The minimum Gasteiger partial charge on any atom is -0.293 e. The Balaban J connectivity index is 2.11. The summed E-state index contributed by atoms with van der Waals surface area (Å²) in [6.07, 6.45) is 6.59. The Morgan fingerprint density at radius 1 is 1.60 bits per heavy atom. The van der Waals surface area contributed by atoms with E-state index in [2.05, 4.69) is 13.0 Å². The molecular formula is C13H16OS. The first kappa shape index (κ1) is 10.6. The lowest BCUT2D eigenvalue weighted by Gasteiger charge is -2.11. The fraction of sp³-hybridized carbons (Fsp3) is 0.462. The number of carbonyl (C=O) groups excluding carboxylic acids is 1. The van der Waals surface area contributed by atoms with Crippen molar-refractivity contribution in [2.24, 2.45) is 5.92 Å². The lowest BCUT2D eigenvalue weighted by Crippen LogP contribution is -2.13. The normalized spacial score (nSPS) is 20.3. The van der Waals surface area contributed by atoms with E-state index in [4.69, 9.17) is 0 Å². The third-order valence-corrected chi connectivity index (χ3v) is 3.81. The first-order valence-corrected chi connectivity index (χ1v) is 6.47. The van der Waals surface area contributed by atoms with Crippen LogP contribution in [0.3, 0.4) is 0 Å². The van der Waals surface area contributed by atoms with Crippen molar-refractivity contribution >= 4 is 17.1 Å². The summed E-state index contributed by atoms with van der Waals surface area (Å²) < 4.78 is 0. The molecule has 0 fully saturated rings. The molecule has 1 aromatic rings. The fourth-order valence-electron chi connectivity index (χ4n) is 2.22. The summed E-state index contributed by atoms with van der Waals surface area (Å²) >= 11 is 1.56. The topological polar surface area (TPSA) is 17.1 Å². The highest BCUT2D eigenvalue weighted by Gasteiger charge is 2.26. The zero-order valence-electron chi connectivity index (χ0n) is 9.03. The van der Waals surface area contributed by atoms with Gasteiger partial charge in [0.25, 0.3) is 0 Å². The van der Waals surface area contributed by atoms with E-state index < -0.39 is 0 Å². The molecule has 0 saturated carbocycles. The third kappa shape index (κ3) is 2.20. The van der Waals surface area contributed by atoms with Crippen LogP contribution in [0.1, 0.15) is 42.3 Å². The van der Waals surface area contributed by atoms with Crippen LogP contribution in [0.15, 0.2) is 29.2 Å². The minimum atomic E-state index is 0.184. The van der Waals surface area contributed by atoms with Crippen molar-refractivity contribution in [2.75, 3.05) is 0 Å². The molecule has 15 heavy (non-hydrogen) atoms. The number of allylic oxidation sites excluding steroid dienone is 2. The van der Waals surface area contributed by atoms with Crippen LogP contribution in [0, 0.1) is 5.92 Å². The molecule has 1 aliphatic carbocycles. The highest BCUT2D eigenvalue weighted by molar-refractivity contribution is 7.12. The summed E-state index contributed by atoms with van der Waals surface area (Å²) in [6.45, 7) is 2.17. The molecule has 0 aliphatic heterocycles. The van der Waals surface area contributed by atoms with Gasteiger partial charge in [-0.15, -0.1) is 11.3 Å². The molecule has 1 aliphatic rings. The van der Waals surface area contributed by atoms with Crippen molar-refractivity contribution in [1.82, 2.24) is 0 Å². The monoisotopic (exact) mass is 220 g/mol. The summed E-state index contributed by atoms with van der Waals surface area (Å²) in [6, 6.07) is 3.89. The predicted octanol–water partition coefficient (Wildman–Crippen LogP) is 4.07. The fourth-order valence-corrected chi connectivity index (χ4v) is 2.94. The van der Waals surface area contributed by atoms with E-state index in [0.717, 1.165) is 30.6 Å². The van der Waals surface area contributed by atoms with E-state index in [9.17, 15) is 4.79 Å². The van der Waals surface area contributed by atoms with E-state index in [1.54, 1.807) is 11.3 Å². The highest BCUT2D eigenvalue weighted by atomic mass is 32.1. The van der Waals surface area contributed by atoms with E-state index >= 15 is 0 Å². The quantitative estimate of drug-likeness (QED) is 0.552. The highest BCUT2D eigenvalue weighted by Crippen LogP contribution is 2.32. The lowest BCUT2D eigenvalue weighted by molar-refractivity contribution is 0.0942. The molecule has 0 radical (unpaired) electrons. The Bertz CT molecular complexity index is 362. The Morgan fingerprint density at radius 3 is 3.13 bits per heavy atom. The molecule has 0 saturated heterocycles. The van der Waals surface area contributed by atoms with E-state index in [0.29, 0.717) is 5.78 Å². The molecule has 80 valence electrons. The van der Waals surface area contributed by atoms with Crippen molar-refractivity contribution in [3.63, 3.8) is 0 Å². The van der Waals surface area contributed by atoms with Gasteiger partial charge in [0.1, 0.15) is 0 Å². The van der Waals surface area contributed by atoms with Crippen LogP contribution in [-0.4, -0.2) is 5.78 Å². The molecule has 0 amide bonds. The van der Waals surface area contributed by atoms with Gasteiger partial charge in [0, 0.05) is 5.92 Å². The maximum atomic E-state index is 12.2. The number of Topliss-reactive ketones (excluding diaryl/α,β-unsaturated/α-hetero) is 1. The van der Waals surface area contributed by atoms with E-state index in [1.165, 1.54) is 5.57 Å². The molecule has 0 spiro atoms. The van der Waals surface area contributed by atoms with Crippen LogP contribution >= 0.6 is 11.3 Å². The Hall–Kier alpha value is -0.890. The van der Waals surface area contributed by atoms with Crippen molar-refractivity contribution in [3.05, 3.63) is 34.0 Å². The van der Waals surface area contributed by atoms with Crippen molar-refractivity contribution in [3.8, 4) is 0 Å². The predicted molar refractivity (Wildman–Crippen MR) is 64.4 cm³/mol. The largest absolute Gasteiger partial charge is 0.293 e. The SMILES string of the molecule is CCCC1=CCC[C@@H]1C(=O)c1cccs1. The number of hydrogen-bond donors (Lipinski definition) is 0. The molecule has 1 atom stereocenters. The molecular weight excluding hydrogens is 204 g/mol. The van der Waals surface area contributed by atoms with Crippen LogP contribution < -0.4 is 0 Å².